The summed E-state index contributed by atoms with van der Waals surface area (Å²) < 4.78 is 5.68. The van der Waals surface area contributed by atoms with Gasteiger partial charge in [0.1, 0.15) is 17.9 Å². The lowest BCUT2D eigenvalue weighted by Gasteiger charge is -2.08. The molecule has 3 aromatic rings. The second kappa shape index (κ2) is 8.50. The normalized spacial score (nSPS) is 10.7. The molecule has 0 aliphatic rings. The van der Waals surface area contributed by atoms with Crippen molar-refractivity contribution in [2.45, 2.75) is 19.3 Å². The van der Waals surface area contributed by atoms with Crippen LogP contribution in [-0.4, -0.2) is 23.1 Å². The van der Waals surface area contributed by atoms with Crippen LogP contribution in [0.25, 0.3) is 10.9 Å². The molecule has 24 heavy (non-hydrogen) atoms. The monoisotopic (exact) mass is 341 g/mol. The molecule has 0 saturated carbocycles. The van der Waals surface area contributed by atoms with Gasteiger partial charge in [0.15, 0.2) is 0 Å². The van der Waals surface area contributed by atoms with Gasteiger partial charge in [-0.1, -0.05) is 23.7 Å². The average Bonchev–Trinajstić information content (AvgIpc) is 2.62. The zero-order chi connectivity index (χ0) is 16.6. The highest BCUT2D eigenvalue weighted by molar-refractivity contribution is 6.30. The van der Waals surface area contributed by atoms with E-state index in [4.69, 9.17) is 16.3 Å². The highest BCUT2D eigenvalue weighted by atomic mass is 35.5. The van der Waals surface area contributed by atoms with Crippen molar-refractivity contribution in [2.75, 3.05) is 18.5 Å². The van der Waals surface area contributed by atoms with E-state index in [1.807, 2.05) is 48.5 Å². The fraction of sp³-hybridized carbons (Fsp3) is 0.263. The number of aromatic nitrogens is 2. The van der Waals surface area contributed by atoms with Gasteiger partial charge in [0, 0.05) is 17.0 Å². The number of fused-ring (bicyclic) bond motifs is 1. The summed E-state index contributed by atoms with van der Waals surface area (Å²) in [5.41, 5.74) is 0.964. The lowest BCUT2D eigenvalue weighted by molar-refractivity contribution is 0.306. The summed E-state index contributed by atoms with van der Waals surface area (Å²) >= 11 is 5.85. The number of hydrogen-bond acceptors (Lipinski definition) is 4. The number of benzene rings is 2. The first-order chi connectivity index (χ1) is 11.8. The van der Waals surface area contributed by atoms with E-state index in [2.05, 4.69) is 15.3 Å². The van der Waals surface area contributed by atoms with Gasteiger partial charge < -0.3 is 10.1 Å². The van der Waals surface area contributed by atoms with E-state index in [1.54, 1.807) is 6.33 Å². The van der Waals surface area contributed by atoms with Crippen LogP contribution in [0.1, 0.15) is 19.3 Å². The molecular formula is C19H20ClN3O. The van der Waals surface area contributed by atoms with Gasteiger partial charge in [-0.2, -0.15) is 0 Å². The van der Waals surface area contributed by atoms with Gasteiger partial charge in [0.25, 0.3) is 0 Å². The molecule has 0 amide bonds. The van der Waals surface area contributed by atoms with E-state index in [-0.39, 0.29) is 0 Å². The minimum Gasteiger partial charge on any atom is -0.494 e. The van der Waals surface area contributed by atoms with Crippen LogP contribution in [-0.2, 0) is 0 Å². The Morgan fingerprint density at radius 2 is 1.75 bits per heavy atom. The number of ether oxygens (including phenoxy) is 1. The maximum atomic E-state index is 5.85. The van der Waals surface area contributed by atoms with Gasteiger partial charge in [-0.25, -0.2) is 9.97 Å². The molecule has 0 aliphatic heterocycles. The highest BCUT2D eigenvalue weighted by Crippen LogP contribution is 2.18. The Hall–Kier alpha value is -2.33. The smallest absolute Gasteiger partial charge is 0.137 e. The van der Waals surface area contributed by atoms with E-state index >= 15 is 0 Å². The van der Waals surface area contributed by atoms with E-state index in [1.165, 1.54) is 0 Å². The molecule has 0 spiro atoms. The Balaban J connectivity index is 1.36. The average molecular weight is 342 g/mol. The van der Waals surface area contributed by atoms with Crippen LogP contribution in [0.2, 0.25) is 5.02 Å². The zero-order valence-electron chi connectivity index (χ0n) is 13.4. The highest BCUT2D eigenvalue weighted by Gasteiger charge is 2.01. The molecule has 4 nitrogen and oxygen atoms in total. The second-order valence-corrected chi connectivity index (χ2v) is 5.97. The summed E-state index contributed by atoms with van der Waals surface area (Å²) in [6.45, 7) is 1.61. The van der Waals surface area contributed by atoms with Gasteiger partial charge in [-0.15, -0.1) is 0 Å². The fourth-order valence-electron chi connectivity index (χ4n) is 2.48. The number of rotatable bonds is 8. The van der Waals surface area contributed by atoms with Gasteiger partial charge in [-0.3, -0.25) is 0 Å². The molecule has 1 N–H and O–H groups in total. The second-order valence-electron chi connectivity index (χ2n) is 5.53. The van der Waals surface area contributed by atoms with Crippen molar-refractivity contribution >= 4 is 28.3 Å². The summed E-state index contributed by atoms with van der Waals surface area (Å²) in [6.07, 6.45) is 4.80. The van der Waals surface area contributed by atoms with E-state index in [0.717, 1.165) is 59.9 Å². The van der Waals surface area contributed by atoms with Gasteiger partial charge >= 0.3 is 0 Å². The number of nitrogens with one attached hydrogen (secondary N) is 1. The molecule has 0 bridgehead atoms. The molecule has 124 valence electrons. The summed E-state index contributed by atoms with van der Waals surface area (Å²) in [4.78, 5) is 8.60. The Morgan fingerprint density at radius 3 is 2.62 bits per heavy atom. The largest absolute Gasteiger partial charge is 0.494 e. The summed E-state index contributed by atoms with van der Waals surface area (Å²) in [5, 5.41) is 5.18. The van der Waals surface area contributed by atoms with Crippen LogP contribution in [0.15, 0.2) is 54.9 Å². The van der Waals surface area contributed by atoms with Crippen LogP contribution in [0.5, 0.6) is 5.75 Å². The Kier molecular flexibility index (Phi) is 5.85. The first-order valence-corrected chi connectivity index (χ1v) is 8.53. The van der Waals surface area contributed by atoms with Crippen LogP contribution in [0, 0.1) is 0 Å². The van der Waals surface area contributed by atoms with Gasteiger partial charge in [0.05, 0.1) is 12.1 Å². The Morgan fingerprint density at radius 1 is 0.917 bits per heavy atom. The topological polar surface area (TPSA) is 47.0 Å². The molecule has 3 rings (SSSR count). The van der Waals surface area contributed by atoms with E-state index in [0.29, 0.717) is 0 Å². The van der Waals surface area contributed by atoms with Crippen molar-refractivity contribution in [3.63, 3.8) is 0 Å². The van der Waals surface area contributed by atoms with Crippen molar-refractivity contribution in [3.8, 4) is 5.75 Å². The quantitative estimate of drug-likeness (QED) is 0.589. The van der Waals surface area contributed by atoms with Crippen molar-refractivity contribution in [3.05, 3.63) is 59.9 Å². The predicted octanol–water partition coefficient (Wildman–Crippen LogP) is 4.94. The first kappa shape index (κ1) is 16.5. The SMILES string of the molecule is Clc1ccc(OCCCCCNc2ncnc3ccccc23)cc1. The van der Waals surface area contributed by atoms with Crippen molar-refractivity contribution in [2.24, 2.45) is 0 Å². The lowest BCUT2D eigenvalue weighted by Crippen LogP contribution is -2.05. The van der Waals surface area contributed by atoms with Crippen molar-refractivity contribution in [1.82, 2.24) is 9.97 Å². The molecule has 0 fully saturated rings. The van der Waals surface area contributed by atoms with Crippen molar-refractivity contribution in [1.29, 1.82) is 0 Å². The maximum Gasteiger partial charge on any atom is 0.137 e. The van der Waals surface area contributed by atoms with Gasteiger partial charge in [0.2, 0.25) is 0 Å². The predicted molar refractivity (Wildman–Crippen MR) is 98.8 cm³/mol. The third kappa shape index (κ3) is 4.59. The summed E-state index contributed by atoms with van der Waals surface area (Å²) in [7, 11) is 0. The lowest BCUT2D eigenvalue weighted by atomic mass is 10.2. The number of halogens is 1. The zero-order valence-corrected chi connectivity index (χ0v) is 14.2. The molecule has 5 heteroatoms. The molecule has 0 saturated heterocycles. The Bertz CT molecular complexity index is 772. The summed E-state index contributed by atoms with van der Waals surface area (Å²) in [6, 6.07) is 15.5. The maximum absolute atomic E-state index is 5.85. The molecule has 0 atom stereocenters. The standard InChI is InChI=1S/C19H20ClN3O/c20-15-8-10-16(11-9-15)24-13-5-1-4-12-21-19-17-6-2-3-7-18(17)22-14-23-19/h2-3,6-11,14H,1,4-5,12-13H2,(H,21,22,23). The molecule has 1 heterocycles. The number of hydrogen-bond donors (Lipinski definition) is 1. The third-order valence-corrected chi connectivity index (χ3v) is 3.99. The third-order valence-electron chi connectivity index (χ3n) is 3.74. The molecule has 1 aromatic heterocycles. The summed E-state index contributed by atoms with van der Waals surface area (Å²) in [5.74, 6) is 1.77. The van der Waals surface area contributed by atoms with Crippen LogP contribution in [0.3, 0.4) is 0 Å². The van der Waals surface area contributed by atoms with Gasteiger partial charge in [-0.05, 0) is 55.7 Å². The molecule has 2 aromatic carbocycles. The van der Waals surface area contributed by atoms with Crippen LogP contribution >= 0.6 is 11.6 Å². The van der Waals surface area contributed by atoms with Crippen LogP contribution in [0.4, 0.5) is 5.82 Å². The van der Waals surface area contributed by atoms with E-state index in [9.17, 15) is 0 Å². The fourth-order valence-corrected chi connectivity index (χ4v) is 2.60. The number of anilines is 1. The van der Waals surface area contributed by atoms with E-state index < -0.39 is 0 Å². The Labute approximate surface area is 146 Å². The number of para-hydroxylation sites is 1. The number of unbranched alkanes of at least 4 members (excludes halogenated alkanes) is 2. The number of nitrogens with zero attached hydrogens (tertiary/aromatic N) is 2. The first-order valence-electron chi connectivity index (χ1n) is 8.15. The molecule has 0 radical (unpaired) electrons. The minimum absolute atomic E-state index is 0.720. The van der Waals surface area contributed by atoms with Crippen LogP contribution < -0.4 is 10.1 Å². The van der Waals surface area contributed by atoms with Crippen molar-refractivity contribution < 1.29 is 4.74 Å². The minimum atomic E-state index is 0.720. The molecule has 0 unspecified atom stereocenters. The molecule has 0 aliphatic carbocycles. The molecular weight excluding hydrogens is 322 g/mol.